The standard InChI is InChI=1S/C18H20N6O2/c1-12-9-24(10-15(25-12)18-23-22-13(2)26-18)17-8-16(19-11-20-17)21-14-6-4-3-5-7-14/h3-8,11-12,15H,9-10H2,1-2H3,(H,19,20,21)/t12-,15-/m1/s1. The summed E-state index contributed by atoms with van der Waals surface area (Å²) in [5.41, 5.74) is 0.978. The Morgan fingerprint density at radius 1 is 1.12 bits per heavy atom. The van der Waals surface area contributed by atoms with Crippen LogP contribution in [0.5, 0.6) is 0 Å². The molecule has 0 amide bonds. The summed E-state index contributed by atoms with van der Waals surface area (Å²) in [4.78, 5) is 10.9. The largest absolute Gasteiger partial charge is 0.423 e. The van der Waals surface area contributed by atoms with Gasteiger partial charge in [0.15, 0.2) is 6.10 Å². The van der Waals surface area contributed by atoms with E-state index >= 15 is 0 Å². The van der Waals surface area contributed by atoms with E-state index < -0.39 is 0 Å². The molecule has 0 saturated carbocycles. The molecule has 8 nitrogen and oxygen atoms in total. The van der Waals surface area contributed by atoms with Crippen LogP contribution in [-0.2, 0) is 4.74 Å². The summed E-state index contributed by atoms with van der Waals surface area (Å²) in [6.45, 7) is 5.11. The molecule has 134 valence electrons. The molecular formula is C18H20N6O2. The lowest BCUT2D eigenvalue weighted by Crippen LogP contribution is -2.43. The van der Waals surface area contributed by atoms with E-state index in [9.17, 15) is 0 Å². The normalized spacial score (nSPS) is 20.2. The molecule has 26 heavy (non-hydrogen) atoms. The Hall–Kier alpha value is -3.00. The van der Waals surface area contributed by atoms with Crippen LogP contribution in [0, 0.1) is 6.92 Å². The van der Waals surface area contributed by atoms with E-state index in [-0.39, 0.29) is 12.2 Å². The van der Waals surface area contributed by atoms with Crippen molar-refractivity contribution < 1.29 is 9.15 Å². The quantitative estimate of drug-likeness (QED) is 0.767. The highest BCUT2D eigenvalue weighted by atomic mass is 16.5. The Bertz CT molecular complexity index is 869. The maximum atomic E-state index is 5.97. The summed E-state index contributed by atoms with van der Waals surface area (Å²) in [6, 6.07) is 11.8. The van der Waals surface area contributed by atoms with Crippen LogP contribution in [-0.4, -0.2) is 39.4 Å². The monoisotopic (exact) mass is 352 g/mol. The van der Waals surface area contributed by atoms with E-state index in [1.807, 2.05) is 43.3 Å². The zero-order valence-corrected chi connectivity index (χ0v) is 14.7. The molecule has 0 spiro atoms. The number of para-hydroxylation sites is 1. The topological polar surface area (TPSA) is 89.2 Å². The molecule has 1 aromatic carbocycles. The van der Waals surface area contributed by atoms with Crippen LogP contribution < -0.4 is 10.2 Å². The van der Waals surface area contributed by atoms with Crippen molar-refractivity contribution in [1.82, 2.24) is 20.2 Å². The fraction of sp³-hybridized carbons (Fsp3) is 0.333. The number of morpholine rings is 1. The van der Waals surface area contributed by atoms with Gasteiger partial charge in [-0.25, -0.2) is 9.97 Å². The zero-order chi connectivity index (χ0) is 17.9. The van der Waals surface area contributed by atoms with Gasteiger partial charge in [-0.1, -0.05) is 18.2 Å². The number of anilines is 3. The van der Waals surface area contributed by atoms with Crippen molar-refractivity contribution >= 4 is 17.3 Å². The Balaban J connectivity index is 1.53. The minimum absolute atomic E-state index is 0.0152. The Labute approximate surface area is 151 Å². The second-order valence-corrected chi connectivity index (χ2v) is 6.25. The molecule has 8 heteroatoms. The van der Waals surface area contributed by atoms with Crippen molar-refractivity contribution in [2.24, 2.45) is 0 Å². The van der Waals surface area contributed by atoms with Crippen LogP contribution in [0.3, 0.4) is 0 Å². The summed E-state index contributed by atoms with van der Waals surface area (Å²) < 4.78 is 11.5. The van der Waals surface area contributed by atoms with Gasteiger partial charge >= 0.3 is 0 Å². The zero-order valence-electron chi connectivity index (χ0n) is 14.7. The van der Waals surface area contributed by atoms with E-state index in [1.165, 1.54) is 0 Å². The Morgan fingerprint density at radius 3 is 2.73 bits per heavy atom. The summed E-state index contributed by atoms with van der Waals surface area (Å²) in [6.07, 6.45) is 1.30. The molecule has 4 rings (SSSR count). The number of ether oxygens (including phenoxy) is 1. The van der Waals surface area contributed by atoms with Crippen molar-refractivity contribution in [3.8, 4) is 0 Å². The van der Waals surface area contributed by atoms with E-state index in [0.717, 1.165) is 23.9 Å². The maximum Gasteiger partial charge on any atom is 0.247 e. The van der Waals surface area contributed by atoms with Gasteiger partial charge < -0.3 is 19.4 Å². The average Bonchev–Trinajstić information content (AvgIpc) is 3.09. The molecule has 1 N–H and O–H groups in total. The number of aromatic nitrogens is 4. The lowest BCUT2D eigenvalue weighted by atomic mass is 10.2. The fourth-order valence-electron chi connectivity index (χ4n) is 2.97. The SMILES string of the molecule is Cc1nnc([C@H]2CN(c3cc(Nc4ccccc4)ncn3)C[C@@H](C)O2)o1. The third kappa shape index (κ3) is 3.65. The third-order valence-electron chi connectivity index (χ3n) is 4.10. The van der Waals surface area contributed by atoms with Gasteiger partial charge in [0.1, 0.15) is 18.0 Å². The van der Waals surface area contributed by atoms with Gasteiger partial charge in [-0.15, -0.1) is 10.2 Å². The number of hydrogen-bond acceptors (Lipinski definition) is 8. The van der Waals surface area contributed by atoms with Gasteiger partial charge in [0.05, 0.1) is 12.6 Å². The molecule has 1 saturated heterocycles. The van der Waals surface area contributed by atoms with E-state index in [0.29, 0.717) is 18.3 Å². The van der Waals surface area contributed by atoms with Crippen LogP contribution in [0.15, 0.2) is 47.1 Å². The third-order valence-corrected chi connectivity index (χ3v) is 4.10. The minimum atomic E-state index is -0.277. The number of aryl methyl sites for hydroxylation is 1. The van der Waals surface area contributed by atoms with Gasteiger partial charge in [0.2, 0.25) is 11.8 Å². The molecule has 0 aliphatic carbocycles. The molecule has 3 aromatic rings. The van der Waals surface area contributed by atoms with Crippen molar-refractivity contribution in [1.29, 1.82) is 0 Å². The van der Waals surface area contributed by atoms with Crippen molar-refractivity contribution in [3.63, 3.8) is 0 Å². The summed E-state index contributed by atoms with van der Waals surface area (Å²) >= 11 is 0. The average molecular weight is 352 g/mol. The van der Waals surface area contributed by atoms with Crippen LogP contribution in [0.4, 0.5) is 17.3 Å². The van der Waals surface area contributed by atoms with Crippen LogP contribution >= 0.6 is 0 Å². The summed E-state index contributed by atoms with van der Waals surface area (Å²) in [5.74, 6) is 2.60. The van der Waals surface area contributed by atoms with E-state index in [4.69, 9.17) is 9.15 Å². The molecule has 1 aliphatic heterocycles. The molecule has 0 radical (unpaired) electrons. The number of nitrogens with zero attached hydrogens (tertiary/aromatic N) is 5. The maximum absolute atomic E-state index is 5.97. The molecule has 2 aromatic heterocycles. The lowest BCUT2D eigenvalue weighted by Gasteiger charge is -2.36. The molecular weight excluding hydrogens is 332 g/mol. The van der Waals surface area contributed by atoms with E-state index in [2.05, 4.69) is 30.4 Å². The molecule has 0 unspecified atom stereocenters. The molecule has 0 bridgehead atoms. The molecule has 1 fully saturated rings. The van der Waals surface area contributed by atoms with Gasteiger partial charge in [-0.3, -0.25) is 0 Å². The predicted molar refractivity (Wildman–Crippen MR) is 96.3 cm³/mol. The smallest absolute Gasteiger partial charge is 0.247 e. The van der Waals surface area contributed by atoms with Crippen LogP contribution in [0.2, 0.25) is 0 Å². The first-order valence-corrected chi connectivity index (χ1v) is 8.52. The highest BCUT2D eigenvalue weighted by molar-refractivity contribution is 5.59. The molecule has 3 heterocycles. The lowest BCUT2D eigenvalue weighted by molar-refractivity contribution is -0.0313. The van der Waals surface area contributed by atoms with Crippen LogP contribution in [0.25, 0.3) is 0 Å². The highest BCUT2D eigenvalue weighted by Gasteiger charge is 2.31. The van der Waals surface area contributed by atoms with Gasteiger partial charge in [0.25, 0.3) is 0 Å². The minimum Gasteiger partial charge on any atom is -0.423 e. The predicted octanol–water partition coefficient (Wildman–Crippen LogP) is 2.88. The van der Waals surface area contributed by atoms with Crippen molar-refractivity contribution in [2.75, 3.05) is 23.3 Å². The Kier molecular flexibility index (Phi) is 4.49. The van der Waals surface area contributed by atoms with Crippen molar-refractivity contribution in [3.05, 3.63) is 54.5 Å². The van der Waals surface area contributed by atoms with Gasteiger partial charge in [-0.05, 0) is 19.1 Å². The highest BCUT2D eigenvalue weighted by Crippen LogP contribution is 2.28. The van der Waals surface area contributed by atoms with Crippen molar-refractivity contribution in [2.45, 2.75) is 26.1 Å². The van der Waals surface area contributed by atoms with E-state index in [1.54, 1.807) is 13.3 Å². The fourth-order valence-corrected chi connectivity index (χ4v) is 2.97. The summed E-state index contributed by atoms with van der Waals surface area (Å²) in [5, 5.41) is 11.3. The number of hydrogen-bond donors (Lipinski definition) is 1. The van der Waals surface area contributed by atoms with Gasteiger partial charge in [0, 0.05) is 25.2 Å². The van der Waals surface area contributed by atoms with Crippen LogP contribution in [0.1, 0.15) is 24.8 Å². The first kappa shape index (κ1) is 16.5. The number of rotatable bonds is 4. The number of benzene rings is 1. The Morgan fingerprint density at radius 2 is 1.96 bits per heavy atom. The second-order valence-electron chi connectivity index (χ2n) is 6.25. The number of nitrogens with one attached hydrogen (secondary N) is 1. The molecule has 1 aliphatic rings. The molecule has 2 atom stereocenters. The summed E-state index contributed by atoms with van der Waals surface area (Å²) in [7, 11) is 0. The second kappa shape index (κ2) is 7.09. The first-order valence-electron chi connectivity index (χ1n) is 8.52. The van der Waals surface area contributed by atoms with Gasteiger partial charge in [-0.2, -0.15) is 0 Å². The first-order chi connectivity index (χ1) is 12.7.